The van der Waals surface area contributed by atoms with Gasteiger partial charge in [0.2, 0.25) is 5.91 Å². The Labute approximate surface area is 97.1 Å². The van der Waals surface area contributed by atoms with Crippen molar-refractivity contribution >= 4 is 11.7 Å². The highest BCUT2D eigenvalue weighted by atomic mass is 16.4. The highest BCUT2D eigenvalue weighted by Crippen LogP contribution is 2.17. The van der Waals surface area contributed by atoms with Crippen LogP contribution in [-0.4, -0.2) is 23.0 Å². The molecule has 2 atom stereocenters. The van der Waals surface area contributed by atoms with Gasteiger partial charge in [0.15, 0.2) is 5.84 Å². The molecule has 2 unspecified atom stereocenters. The average Bonchev–Trinajstić information content (AvgIpc) is 2.26. The van der Waals surface area contributed by atoms with Crippen LogP contribution in [0.15, 0.2) is 5.16 Å². The number of carbonyl (C=O) groups excluding carboxylic acids is 1. The molecule has 0 bridgehead atoms. The van der Waals surface area contributed by atoms with Crippen molar-refractivity contribution in [1.82, 2.24) is 5.32 Å². The SMILES string of the molecule is CCC(C)C(C)NC(=O)C(C)(C)C(N)=NO. The van der Waals surface area contributed by atoms with Gasteiger partial charge in [0, 0.05) is 6.04 Å². The van der Waals surface area contributed by atoms with Gasteiger partial charge in [-0.15, -0.1) is 0 Å². The highest BCUT2D eigenvalue weighted by molar-refractivity contribution is 6.05. The van der Waals surface area contributed by atoms with Crippen LogP contribution in [0.25, 0.3) is 0 Å². The third-order valence-corrected chi connectivity index (χ3v) is 3.17. The molecule has 0 spiro atoms. The van der Waals surface area contributed by atoms with Gasteiger partial charge in [-0.25, -0.2) is 0 Å². The number of nitrogens with one attached hydrogen (secondary N) is 1. The molecule has 4 N–H and O–H groups in total. The second-order valence-electron chi connectivity index (χ2n) is 4.76. The Morgan fingerprint density at radius 3 is 2.38 bits per heavy atom. The van der Waals surface area contributed by atoms with E-state index in [0.29, 0.717) is 5.92 Å². The Bertz CT molecular complexity index is 274. The normalized spacial score (nSPS) is 16.7. The molecule has 0 aliphatic heterocycles. The molecule has 0 rings (SSSR count). The maximum absolute atomic E-state index is 11.9. The molecule has 0 aromatic rings. The van der Waals surface area contributed by atoms with E-state index in [4.69, 9.17) is 10.9 Å². The fourth-order valence-electron chi connectivity index (χ4n) is 1.12. The zero-order valence-corrected chi connectivity index (χ0v) is 10.7. The molecule has 5 nitrogen and oxygen atoms in total. The van der Waals surface area contributed by atoms with E-state index in [9.17, 15) is 4.79 Å². The van der Waals surface area contributed by atoms with E-state index in [1.54, 1.807) is 13.8 Å². The summed E-state index contributed by atoms with van der Waals surface area (Å²) in [6, 6.07) is 0.0725. The Morgan fingerprint density at radius 1 is 1.50 bits per heavy atom. The predicted molar refractivity (Wildman–Crippen MR) is 64.2 cm³/mol. The summed E-state index contributed by atoms with van der Waals surface area (Å²) in [5.74, 6) is 0.0870. The fourth-order valence-corrected chi connectivity index (χ4v) is 1.12. The number of hydrogen-bond donors (Lipinski definition) is 3. The minimum absolute atomic E-state index is 0.0725. The highest BCUT2D eigenvalue weighted by Gasteiger charge is 2.33. The third kappa shape index (κ3) is 3.40. The lowest BCUT2D eigenvalue weighted by Crippen LogP contribution is -2.49. The van der Waals surface area contributed by atoms with Crippen molar-refractivity contribution in [1.29, 1.82) is 0 Å². The molecule has 0 aromatic heterocycles. The van der Waals surface area contributed by atoms with Gasteiger partial charge in [-0.05, 0) is 26.7 Å². The van der Waals surface area contributed by atoms with Gasteiger partial charge in [-0.3, -0.25) is 4.79 Å². The molecule has 0 heterocycles. The molecule has 1 amide bonds. The molecule has 0 aromatic carbocycles. The summed E-state index contributed by atoms with van der Waals surface area (Å²) in [6.45, 7) is 9.35. The summed E-state index contributed by atoms with van der Waals surface area (Å²) in [5, 5.41) is 14.4. The van der Waals surface area contributed by atoms with Crippen LogP contribution in [0, 0.1) is 11.3 Å². The van der Waals surface area contributed by atoms with Gasteiger partial charge < -0.3 is 16.3 Å². The summed E-state index contributed by atoms with van der Waals surface area (Å²) in [4.78, 5) is 11.9. The van der Waals surface area contributed by atoms with Crippen molar-refractivity contribution in [3.63, 3.8) is 0 Å². The van der Waals surface area contributed by atoms with Crippen molar-refractivity contribution in [3.05, 3.63) is 0 Å². The van der Waals surface area contributed by atoms with Crippen LogP contribution in [0.4, 0.5) is 0 Å². The zero-order valence-electron chi connectivity index (χ0n) is 10.7. The Morgan fingerprint density at radius 2 is 2.00 bits per heavy atom. The van der Waals surface area contributed by atoms with E-state index in [-0.39, 0.29) is 17.8 Å². The molecule has 0 saturated carbocycles. The smallest absolute Gasteiger partial charge is 0.233 e. The van der Waals surface area contributed by atoms with E-state index >= 15 is 0 Å². The van der Waals surface area contributed by atoms with Gasteiger partial charge in [-0.2, -0.15) is 0 Å². The number of hydrogen-bond acceptors (Lipinski definition) is 3. The van der Waals surface area contributed by atoms with Gasteiger partial charge in [0.05, 0.1) is 0 Å². The Balaban J connectivity index is 4.58. The number of nitrogens with two attached hydrogens (primary N) is 1. The van der Waals surface area contributed by atoms with Crippen LogP contribution in [0.2, 0.25) is 0 Å². The Kier molecular flexibility index (Phi) is 5.27. The van der Waals surface area contributed by atoms with Gasteiger partial charge >= 0.3 is 0 Å². The molecule has 0 aliphatic carbocycles. The summed E-state index contributed by atoms with van der Waals surface area (Å²) in [7, 11) is 0. The minimum atomic E-state index is -0.990. The van der Waals surface area contributed by atoms with Crippen LogP contribution in [-0.2, 0) is 4.79 Å². The minimum Gasteiger partial charge on any atom is -0.409 e. The van der Waals surface area contributed by atoms with Crippen LogP contribution >= 0.6 is 0 Å². The Hall–Kier alpha value is -1.26. The van der Waals surface area contributed by atoms with E-state index < -0.39 is 5.41 Å². The van der Waals surface area contributed by atoms with Crippen LogP contribution in [0.3, 0.4) is 0 Å². The summed E-state index contributed by atoms with van der Waals surface area (Å²) in [5.41, 5.74) is 4.49. The standard InChI is InChI=1S/C11H23N3O2/c1-6-7(2)8(3)13-10(15)11(4,5)9(12)14-16/h7-8,16H,6H2,1-5H3,(H2,12,14)(H,13,15). The van der Waals surface area contributed by atoms with E-state index in [2.05, 4.69) is 24.3 Å². The lowest BCUT2D eigenvalue weighted by Gasteiger charge is -2.27. The van der Waals surface area contributed by atoms with Crippen molar-refractivity contribution in [2.75, 3.05) is 0 Å². The number of rotatable bonds is 5. The maximum Gasteiger partial charge on any atom is 0.233 e. The van der Waals surface area contributed by atoms with Crippen molar-refractivity contribution in [2.24, 2.45) is 22.2 Å². The summed E-state index contributed by atoms with van der Waals surface area (Å²) < 4.78 is 0. The molecule has 0 saturated heterocycles. The monoisotopic (exact) mass is 229 g/mol. The first-order chi connectivity index (χ1) is 7.27. The quantitative estimate of drug-likeness (QED) is 0.287. The van der Waals surface area contributed by atoms with E-state index in [1.165, 1.54) is 0 Å². The number of carbonyl (C=O) groups is 1. The van der Waals surface area contributed by atoms with Gasteiger partial charge in [-0.1, -0.05) is 25.4 Å². The largest absolute Gasteiger partial charge is 0.409 e. The maximum atomic E-state index is 11.9. The summed E-state index contributed by atoms with van der Waals surface area (Å²) in [6.07, 6.45) is 0.992. The van der Waals surface area contributed by atoms with Crippen LogP contribution in [0.1, 0.15) is 41.0 Å². The van der Waals surface area contributed by atoms with Gasteiger partial charge in [0.1, 0.15) is 5.41 Å². The average molecular weight is 229 g/mol. The molecular weight excluding hydrogens is 206 g/mol. The first-order valence-corrected chi connectivity index (χ1v) is 5.56. The third-order valence-electron chi connectivity index (χ3n) is 3.17. The number of amides is 1. The number of amidine groups is 1. The second kappa shape index (κ2) is 5.72. The first kappa shape index (κ1) is 14.7. The molecule has 0 aliphatic rings. The number of oxime groups is 1. The molecular formula is C11H23N3O2. The van der Waals surface area contributed by atoms with E-state index in [0.717, 1.165) is 6.42 Å². The lowest BCUT2D eigenvalue weighted by molar-refractivity contribution is -0.127. The van der Waals surface area contributed by atoms with Crippen molar-refractivity contribution < 1.29 is 10.0 Å². The van der Waals surface area contributed by atoms with Crippen LogP contribution in [0.5, 0.6) is 0 Å². The topological polar surface area (TPSA) is 87.7 Å². The molecule has 94 valence electrons. The fraction of sp³-hybridized carbons (Fsp3) is 0.818. The van der Waals surface area contributed by atoms with Gasteiger partial charge in [0.25, 0.3) is 0 Å². The van der Waals surface area contributed by atoms with Crippen molar-refractivity contribution in [2.45, 2.75) is 47.1 Å². The molecule has 5 heteroatoms. The first-order valence-electron chi connectivity index (χ1n) is 5.56. The lowest BCUT2D eigenvalue weighted by atomic mass is 9.89. The van der Waals surface area contributed by atoms with Crippen LogP contribution < -0.4 is 11.1 Å². The molecule has 0 fully saturated rings. The molecule has 0 radical (unpaired) electrons. The van der Waals surface area contributed by atoms with E-state index in [1.807, 2.05) is 6.92 Å². The second-order valence-corrected chi connectivity index (χ2v) is 4.76. The van der Waals surface area contributed by atoms with Crippen molar-refractivity contribution in [3.8, 4) is 0 Å². The molecule has 16 heavy (non-hydrogen) atoms. The summed E-state index contributed by atoms with van der Waals surface area (Å²) >= 11 is 0. The predicted octanol–water partition coefficient (Wildman–Crippen LogP) is 1.31. The zero-order chi connectivity index (χ0) is 12.9. The number of nitrogens with zero attached hydrogens (tertiary/aromatic N) is 1.